The van der Waals surface area contributed by atoms with Gasteiger partial charge >= 0.3 is 0 Å². The summed E-state index contributed by atoms with van der Waals surface area (Å²) in [5.41, 5.74) is 9.06. The molecule has 0 spiro atoms. The normalized spacial score (nSPS) is 19.6. The summed E-state index contributed by atoms with van der Waals surface area (Å²) in [4.78, 5) is 2.58. The van der Waals surface area contributed by atoms with Gasteiger partial charge in [-0.1, -0.05) is 57.9 Å². The SMILES string of the molecule is CC(C)(C)c1ccc(C(CN)N2CCCCCC2)cc1. The van der Waals surface area contributed by atoms with Crippen molar-refractivity contribution in [2.45, 2.75) is 57.9 Å². The Kier molecular flexibility index (Phi) is 5.22. The van der Waals surface area contributed by atoms with Crippen molar-refractivity contribution in [3.8, 4) is 0 Å². The van der Waals surface area contributed by atoms with Gasteiger partial charge in [0, 0.05) is 12.6 Å². The lowest BCUT2D eigenvalue weighted by Crippen LogP contribution is -2.34. The average molecular weight is 274 g/mol. The summed E-state index contributed by atoms with van der Waals surface area (Å²) in [6.07, 6.45) is 5.38. The van der Waals surface area contributed by atoms with Crippen molar-refractivity contribution in [3.63, 3.8) is 0 Å². The fourth-order valence-electron chi connectivity index (χ4n) is 3.11. The minimum atomic E-state index is 0.222. The molecule has 0 aliphatic carbocycles. The summed E-state index contributed by atoms with van der Waals surface area (Å²) in [7, 11) is 0. The average Bonchev–Trinajstić information content (AvgIpc) is 2.68. The molecule has 1 atom stereocenters. The molecular formula is C18H30N2. The van der Waals surface area contributed by atoms with Gasteiger partial charge in [0.05, 0.1) is 0 Å². The first-order valence-electron chi connectivity index (χ1n) is 8.07. The molecule has 1 aliphatic heterocycles. The largest absolute Gasteiger partial charge is 0.329 e. The summed E-state index contributed by atoms with van der Waals surface area (Å²) in [5.74, 6) is 0. The fourth-order valence-corrected chi connectivity index (χ4v) is 3.11. The van der Waals surface area contributed by atoms with Gasteiger partial charge in [-0.2, -0.15) is 0 Å². The van der Waals surface area contributed by atoms with Crippen molar-refractivity contribution in [1.29, 1.82) is 0 Å². The highest BCUT2D eigenvalue weighted by atomic mass is 15.2. The van der Waals surface area contributed by atoms with E-state index < -0.39 is 0 Å². The summed E-state index contributed by atoms with van der Waals surface area (Å²) in [6, 6.07) is 9.50. The number of likely N-dealkylation sites (tertiary alicyclic amines) is 1. The lowest BCUT2D eigenvalue weighted by Gasteiger charge is -2.30. The maximum absolute atomic E-state index is 6.07. The van der Waals surface area contributed by atoms with Crippen LogP contribution < -0.4 is 5.73 Å². The molecule has 0 aromatic heterocycles. The Morgan fingerprint density at radius 2 is 1.55 bits per heavy atom. The van der Waals surface area contributed by atoms with E-state index in [-0.39, 0.29) is 5.41 Å². The molecule has 2 rings (SSSR count). The monoisotopic (exact) mass is 274 g/mol. The maximum atomic E-state index is 6.07. The Morgan fingerprint density at radius 1 is 1.00 bits per heavy atom. The summed E-state index contributed by atoms with van der Waals surface area (Å²) >= 11 is 0. The first kappa shape index (κ1) is 15.5. The van der Waals surface area contributed by atoms with Crippen LogP contribution >= 0.6 is 0 Å². The Morgan fingerprint density at radius 3 is 2.00 bits per heavy atom. The van der Waals surface area contributed by atoms with Gasteiger partial charge in [-0.05, 0) is 42.5 Å². The second kappa shape index (κ2) is 6.73. The zero-order valence-electron chi connectivity index (χ0n) is 13.4. The molecule has 1 aromatic rings. The topological polar surface area (TPSA) is 29.3 Å². The molecule has 1 fully saturated rings. The van der Waals surface area contributed by atoms with Gasteiger partial charge in [0.25, 0.3) is 0 Å². The lowest BCUT2D eigenvalue weighted by atomic mass is 9.86. The molecule has 1 heterocycles. The first-order valence-corrected chi connectivity index (χ1v) is 8.07. The Labute approximate surface area is 124 Å². The van der Waals surface area contributed by atoms with Crippen LogP contribution in [0, 0.1) is 0 Å². The Bertz CT molecular complexity index is 394. The van der Waals surface area contributed by atoms with E-state index in [1.165, 1.54) is 49.9 Å². The molecule has 1 aliphatic rings. The molecule has 2 nitrogen and oxygen atoms in total. The van der Waals surface area contributed by atoms with Crippen LogP contribution in [0.2, 0.25) is 0 Å². The van der Waals surface area contributed by atoms with Crippen molar-refractivity contribution in [3.05, 3.63) is 35.4 Å². The van der Waals surface area contributed by atoms with Crippen LogP contribution in [0.1, 0.15) is 63.6 Å². The number of rotatable bonds is 3. The van der Waals surface area contributed by atoms with Gasteiger partial charge in [-0.25, -0.2) is 0 Å². The van der Waals surface area contributed by atoms with E-state index in [9.17, 15) is 0 Å². The molecule has 112 valence electrons. The second-order valence-corrected chi connectivity index (χ2v) is 7.07. The van der Waals surface area contributed by atoms with Gasteiger partial charge in [-0.3, -0.25) is 4.90 Å². The molecule has 2 N–H and O–H groups in total. The maximum Gasteiger partial charge on any atom is 0.0470 e. The van der Waals surface area contributed by atoms with Crippen molar-refractivity contribution in [2.24, 2.45) is 5.73 Å². The van der Waals surface area contributed by atoms with E-state index in [1.54, 1.807) is 0 Å². The van der Waals surface area contributed by atoms with Gasteiger partial charge < -0.3 is 5.73 Å². The minimum absolute atomic E-state index is 0.222. The van der Waals surface area contributed by atoms with Crippen molar-refractivity contribution >= 4 is 0 Å². The quantitative estimate of drug-likeness (QED) is 0.907. The molecule has 0 saturated carbocycles. The van der Waals surface area contributed by atoms with Crippen LogP contribution in [-0.4, -0.2) is 24.5 Å². The van der Waals surface area contributed by atoms with Gasteiger partial charge in [-0.15, -0.1) is 0 Å². The van der Waals surface area contributed by atoms with E-state index in [0.29, 0.717) is 6.04 Å². The van der Waals surface area contributed by atoms with E-state index in [2.05, 4.69) is 49.9 Å². The third-order valence-electron chi connectivity index (χ3n) is 4.47. The van der Waals surface area contributed by atoms with E-state index in [0.717, 1.165) is 6.54 Å². The second-order valence-electron chi connectivity index (χ2n) is 7.07. The van der Waals surface area contributed by atoms with Crippen molar-refractivity contribution < 1.29 is 0 Å². The molecule has 1 unspecified atom stereocenters. The van der Waals surface area contributed by atoms with E-state index in [4.69, 9.17) is 5.73 Å². The fraction of sp³-hybridized carbons (Fsp3) is 0.667. The van der Waals surface area contributed by atoms with Crippen LogP contribution in [-0.2, 0) is 5.41 Å². The van der Waals surface area contributed by atoms with Crippen LogP contribution in [0.4, 0.5) is 0 Å². The molecule has 0 amide bonds. The van der Waals surface area contributed by atoms with Gasteiger partial charge in [0.15, 0.2) is 0 Å². The standard InChI is InChI=1S/C18H30N2/c1-18(2,3)16-10-8-15(9-11-16)17(14-19)20-12-6-4-5-7-13-20/h8-11,17H,4-7,12-14,19H2,1-3H3. The summed E-state index contributed by atoms with van der Waals surface area (Å²) in [5, 5.41) is 0. The Hall–Kier alpha value is -0.860. The molecular weight excluding hydrogens is 244 g/mol. The van der Waals surface area contributed by atoms with Gasteiger partial charge in [0.2, 0.25) is 0 Å². The van der Waals surface area contributed by atoms with Crippen LogP contribution in [0.5, 0.6) is 0 Å². The smallest absolute Gasteiger partial charge is 0.0470 e. The van der Waals surface area contributed by atoms with Crippen LogP contribution in [0.3, 0.4) is 0 Å². The molecule has 1 saturated heterocycles. The molecule has 20 heavy (non-hydrogen) atoms. The van der Waals surface area contributed by atoms with Crippen LogP contribution in [0.25, 0.3) is 0 Å². The highest BCUT2D eigenvalue weighted by Crippen LogP contribution is 2.27. The highest BCUT2D eigenvalue weighted by Gasteiger charge is 2.21. The number of hydrogen-bond donors (Lipinski definition) is 1. The number of nitrogens with zero attached hydrogens (tertiary/aromatic N) is 1. The van der Waals surface area contributed by atoms with E-state index in [1.807, 2.05) is 0 Å². The molecule has 0 bridgehead atoms. The third kappa shape index (κ3) is 3.83. The third-order valence-corrected chi connectivity index (χ3v) is 4.47. The highest BCUT2D eigenvalue weighted by molar-refractivity contribution is 5.29. The summed E-state index contributed by atoms with van der Waals surface area (Å²) < 4.78 is 0. The first-order chi connectivity index (χ1) is 9.52. The summed E-state index contributed by atoms with van der Waals surface area (Å²) in [6.45, 7) is 9.90. The molecule has 1 aromatic carbocycles. The number of benzene rings is 1. The lowest BCUT2D eigenvalue weighted by molar-refractivity contribution is 0.209. The van der Waals surface area contributed by atoms with E-state index >= 15 is 0 Å². The predicted octanol–water partition coefficient (Wildman–Crippen LogP) is 3.86. The molecule has 0 radical (unpaired) electrons. The molecule has 2 heteroatoms. The van der Waals surface area contributed by atoms with Crippen molar-refractivity contribution in [2.75, 3.05) is 19.6 Å². The minimum Gasteiger partial charge on any atom is -0.329 e. The zero-order chi connectivity index (χ0) is 14.6. The number of hydrogen-bond acceptors (Lipinski definition) is 2. The van der Waals surface area contributed by atoms with Gasteiger partial charge in [0.1, 0.15) is 0 Å². The van der Waals surface area contributed by atoms with Crippen LogP contribution in [0.15, 0.2) is 24.3 Å². The van der Waals surface area contributed by atoms with Crippen molar-refractivity contribution in [1.82, 2.24) is 4.90 Å². The number of nitrogens with two attached hydrogens (primary N) is 1. The zero-order valence-corrected chi connectivity index (χ0v) is 13.4. The predicted molar refractivity (Wildman–Crippen MR) is 87.0 cm³/mol. The Balaban J connectivity index is 2.14.